The summed E-state index contributed by atoms with van der Waals surface area (Å²) in [6.07, 6.45) is 8.35. The van der Waals surface area contributed by atoms with E-state index >= 15 is 0 Å². The SMILES string of the molecule is COC(=S)[C@@H]1C[C@H](C2CCCCC2)CN1.Cl. The normalized spacial score (nSPS) is 30.8. The summed E-state index contributed by atoms with van der Waals surface area (Å²) in [5, 5.41) is 4.23. The Morgan fingerprint density at radius 2 is 1.88 bits per heavy atom. The zero-order valence-corrected chi connectivity index (χ0v) is 11.5. The topological polar surface area (TPSA) is 21.3 Å². The van der Waals surface area contributed by atoms with Gasteiger partial charge in [-0.1, -0.05) is 32.1 Å². The van der Waals surface area contributed by atoms with Crippen LogP contribution in [0.5, 0.6) is 0 Å². The van der Waals surface area contributed by atoms with Gasteiger partial charge in [0.15, 0.2) is 5.05 Å². The number of thiocarbonyl (C=S) groups is 1. The maximum atomic E-state index is 5.18. The first-order valence-electron chi connectivity index (χ1n) is 6.12. The predicted octanol–water partition coefficient (Wildman–Crippen LogP) is 2.94. The number of halogens is 1. The molecule has 0 aromatic carbocycles. The van der Waals surface area contributed by atoms with Crippen LogP contribution in [0.4, 0.5) is 0 Å². The lowest BCUT2D eigenvalue weighted by Crippen LogP contribution is -2.30. The van der Waals surface area contributed by atoms with E-state index in [1.165, 1.54) is 38.5 Å². The van der Waals surface area contributed by atoms with Gasteiger partial charge in [0.2, 0.25) is 0 Å². The van der Waals surface area contributed by atoms with Gasteiger partial charge >= 0.3 is 0 Å². The van der Waals surface area contributed by atoms with Crippen LogP contribution in [0, 0.1) is 11.8 Å². The molecular formula is C12H22ClNOS. The van der Waals surface area contributed by atoms with Crippen molar-refractivity contribution in [1.29, 1.82) is 0 Å². The van der Waals surface area contributed by atoms with Gasteiger partial charge < -0.3 is 10.1 Å². The molecule has 0 aromatic heterocycles. The van der Waals surface area contributed by atoms with E-state index in [1.807, 2.05) is 0 Å². The molecule has 1 N–H and O–H groups in total. The first-order chi connectivity index (χ1) is 7.31. The average molecular weight is 264 g/mol. The largest absolute Gasteiger partial charge is 0.489 e. The van der Waals surface area contributed by atoms with Crippen molar-refractivity contribution in [3.05, 3.63) is 0 Å². The molecule has 1 saturated carbocycles. The number of ether oxygens (including phenoxy) is 1. The Balaban J connectivity index is 0.00000128. The quantitative estimate of drug-likeness (QED) is 0.774. The van der Waals surface area contributed by atoms with Crippen molar-refractivity contribution in [3.8, 4) is 0 Å². The smallest absolute Gasteiger partial charge is 0.176 e. The number of hydrogen-bond donors (Lipinski definition) is 1. The predicted molar refractivity (Wildman–Crippen MR) is 73.3 cm³/mol. The maximum absolute atomic E-state index is 5.18. The standard InChI is InChI=1S/C12H21NOS.ClH/c1-14-12(15)11-7-10(8-13-11)9-5-3-2-4-6-9;/h9-11,13H,2-8H2,1H3;1H/t10-,11-;/m0./s1. The second kappa shape index (κ2) is 6.77. The van der Waals surface area contributed by atoms with Crippen molar-refractivity contribution in [2.75, 3.05) is 13.7 Å². The van der Waals surface area contributed by atoms with Gasteiger partial charge in [-0.15, -0.1) is 12.4 Å². The van der Waals surface area contributed by atoms with Gasteiger partial charge in [-0.05, 0) is 37.0 Å². The lowest BCUT2D eigenvalue weighted by Gasteiger charge is -2.26. The van der Waals surface area contributed by atoms with Crippen LogP contribution in [0.25, 0.3) is 0 Å². The molecule has 0 unspecified atom stereocenters. The highest BCUT2D eigenvalue weighted by atomic mass is 35.5. The van der Waals surface area contributed by atoms with E-state index in [2.05, 4.69) is 5.32 Å². The maximum Gasteiger partial charge on any atom is 0.176 e. The minimum absolute atomic E-state index is 0. The average Bonchev–Trinajstić information content (AvgIpc) is 2.78. The highest BCUT2D eigenvalue weighted by molar-refractivity contribution is 7.80. The number of hydrogen-bond acceptors (Lipinski definition) is 3. The van der Waals surface area contributed by atoms with E-state index in [-0.39, 0.29) is 12.4 Å². The summed E-state index contributed by atoms with van der Waals surface area (Å²) in [5.74, 6) is 1.78. The third kappa shape index (κ3) is 3.31. The first-order valence-corrected chi connectivity index (χ1v) is 6.53. The molecule has 1 saturated heterocycles. The molecule has 4 heteroatoms. The molecule has 1 aliphatic carbocycles. The molecule has 0 aromatic rings. The fourth-order valence-corrected chi connectivity index (χ4v) is 3.23. The van der Waals surface area contributed by atoms with Crippen molar-refractivity contribution in [3.63, 3.8) is 0 Å². The Morgan fingerprint density at radius 3 is 2.50 bits per heavy atom. The molecule has 2 aliphatic rings. The van der Waals surface area contributed by atoms with E-state index in [0.29, 0.717) is 6.04 Å². The van der Waals surface area contributed by atoms with Gasteiger partial charge in [0.25, 0.3) is 0 Å². The van der Waals surface area contributed by atoms with E-state index in [0.717, 1.165) is 23.4 Å². The van der Waals surface area contributed by atoms with Crippen LogP contribution in [-0.4, -0.2) is 24.7 Å². The van der Waals surface area contributed by atoms with Crippen LogP contribution in [0.1, 0.15) is 38.5 Å². The lowest BCUT2D eigenvalue weighted by atomic mass is 9.79. The summed E-state index contributed by atoms with van der Waals surface area (Å²) in [5.41, 5.74) is 0. The Hall–Kier alpha value is 0.140. The van der Waals surface area contributed by atoms with Gasteiger partial charge in [0.1, 0.15) is 0 Å². The summed E-state index contributed by atoms with van der Waals surface area (Å²) in [6.45, 7) is 1.14. The minimum atomic E-state index is 0. The molecule has 2 nitrogen and oxygen atoms in total. The summed E-state index contributed by atoms with van der Waals surface area (Å²) in [7, 11) is 1.68. The van der Waals surface area contributed by atoms with Gasteiger partial charge in [-0.25, -0.2) is 0 Å². The van der Waals surface area contributed by atoms with Crippen LogP contribution in [-0.2, 0) is 4.74 Å². The summed E-state index contributed by atoms with van der Waals surface area (Å²) in [6, 6.07) is 0.330. The molecular weight excluding hydrogens is 242 g/mol. The monoisotopic (exact) mass is 263 g/mol. The molecule has 94 valence electrons. The molecule has 0 spiro atoms. The fraction of sp³-hybridized carbons (Fsp3) is 0.917. The first kappa shape index (κ1) is 14.2. The van der Waals surface area contributed by atoms with Crippen molar-refractivity contribution in [2.24, 2.45) is 11.8 Å². The van der Waals surface area contributed by atoms with Crippen LogP contribution >= 0.6 is 24.6 Å². The summed E-state index contributed by atoms with van der Waals surface area (Å²) >= 11 is 5.18. The molecule has 1 aliphatic heterocycles. The third-order valence-corrected chi connectivity index (χ3v) is 4.42. The Bertz CT molecular complexity index is 231. The van der Waals surface area contributed by atoms with Gasteiger partial charge in [0.05, 0.1) is 13.2 Å². The molecule has 1 heterocycles. The molecule has 0 radical (unpaired) electrons. The van der Waals surface area contributed by atoms with Crippen molar-refractivity contribution >= 4 is 29.7 Å². The van der Waals surface area contributed by atoms with Crippen LogP contribution in [0.3, 0.4) is 0 Å². The number of nitrogens with one attached hydrogen (secondary N) is 1. The Morgan fingerprint density at radius 1 is 1.19 bits per heavy atom. The Kier molecular flexibility index (Phi) is 6.01. The zero-order chi connectivity index (χ0) is 10.7. The summed E-state index contributed by atoms with van der Waals surface area (Å²) < 4.78 is 5.14. The second-order valence-electron chi connectivity index (χ2n) is 4.88. The third-order valence-electron chi connectivity index (χ3n) is 3.97. The van der Waals surface area contributed by atoms with Crippen molar-refractivity contribution < 1.29 is 4.74 Å². The van der Waals surface area contributed by atoms with Crippen molar-refractivity contribution in [1.82, 2.24) is 5.32 Å². The van der Waals surface area contributed by atoms with Crippen LogP contribution < -0.4 is 5.32 Å². The summed E-state index contributed by atoms with van der Waals surface area (Å²) in [4.78, 5) is 0. The number of rotatable bonds is 2. The highest BCUT2D eigenvalue weighted by Gasteiger charge is 2.33. The van der Waals surface area contributed by atoms with Gasteiger partial charge in [0, 0.05) is 0 Å². The van der Waals surface area contributed by atoms with E-state index in [4.69, 9.17) is 17.0 Å². The van der Waals surface area contributed by atoms with E-state index in [1.54, 1.807) is 7.11 Å². The van der Waals surface area contributed by atoms with Crippen molar-refractivity contribution in [2.45, 2.75) is 44.6 Å². The fourth-order valence-electron chi connectivity index (χ4n) is 3.05. The molecule has 2 rings (SSSR count). The second-order valence-corrected chi connectivity index (χ2v) is 5.28. The molecule has 0 bridgehead atoms. The molecule has 2 fully saturated rings. The molecule has 0 amide bonds. The molecule has 16 heavy (non-hydrogen) atoms. The lowest BCUT2D eigenvalue weighted by molar-refractivity contribution is 0.261. The minimum Gasteiger partial charge on any atom is -0.489 e. The van der Waals surface area contributed by atoms with E-state index in [9.17, 15) is 0 Å². The van der Waals surface area contributed by atoms with E-state index < -0.39 is 0 Å². The zero-order valence-electron chi connectivity index (χ0n) is 9.91. The molecule has 2 atom stereocenters. The van der Waals surface area contributed by atoms with Gasteiger partial charge in [-0.3, -0.25) is 0 Å². The Labute approximate surface area is 110 Å². The highest BCUT2D eigenvalue weighted by Crippen LogP contribution is 2.34. The number of methoxy groups -OCH3 is 1. The van der Waals surface area contributed by atoms with Crippen LogP contribution in [0.2, 0.25) is 0 Å². The van der Waals surface area contributed by atoms with Gasteiger partial charge in [-0.2, -0.15) is 0 Å². The van der Waals surface area contributed by atoms with Crippen LogP contribution in [0.15, 0.2) is 0 Å².